The monoisotopic (exact) mass is 307 g/mol. The number of rotatable bonds is 4. The molecule has 0 aliphatic heterocycles. The average Bonchev–Trinajstić information content (AvgIpc) is 3.17. The molecule has 3 aliphatic rings. The molecule has 0 unspecified atom stereocenters. The van der Waals surface area contributed by atoms with E-state index < -0.39 is 0 Å². The number of hydrogen-bond donors (Lipinski definition) is 1. The number of hydrogen-bond acceptors (Lipinski definition) is 2. The number of ether oxygens (including phenoxy) is 1. The summed E-state index contributed by atoms with van der Waals surface area (Å²) in [7, 11) is 1.74. The van der Waals surface area contributed by atoms with E-state index in [1.807, 2.05) is 6.07 Å². The van der Waals surface area contributed by atoms with Crippen LogP contribution in [-0.2, 0) is 6.54 Å². The highest BCUT2D eigenvalue weighted by molar-refractivity contribution is 5.85. The lowest BCUT2D eigenvalue weighted by Gasteiger charge is -2.32. The zero-order valence-electron chi connectivity index (χ0n) is 12.8. The maximum atomic E-state index is 5.31. The summed E-state index contributed by atoms with van der Waals surface area (Å²) in [6.07, 6.45) is 7.45. The predicted molar refractivity (Wildman–Crippen MR) is 87.9 cm³/mol. The topological polar surface area (TPSA) is 21.3 Å². The van der Waals surface area contributed by atoms with E-state index >= 15 is 0 Å². The maximum Gasteiger partial charge on any atom is 0.119 e. The van der Waals surface area contributed by atoms with Crippen LogP contribution in [0.1, 0.15) is 37.7 Å². The van der Waals surface area contributed by atoms with Gasteiger partial charge < -0.3 is 10.1 Å². The molecule has 0 aromatic heterocycles. The maximum absolute atomic E-state index is 5.31. The van der Waals surface area contributed by atoms with Crippen LogP contribution in [0, 0.1) is 23.7 Å². The van der Waals surface area contributed by atoms with E-state index in [2.05, 4.69) is 23.5 Å². The molecule has 3 saturated carbocycles. The number of methoxy groups -OCH3 is 1. The van der Waals surface area contributed by atoms with Crippen LogP contribution in [0.15, 0.2) is 24.3 Å². The first-order valence-electron chi connectivity index (χ1n) is 8.21. The van der Waals surface area contributed by atoms with Gasteiger partial charge in [0.1, 0.15) is 5.75 Å². The molecule has 1 aromatic rings. The van der Waals surface area contributed by atoms with Crippen molar-refractivity contribution in [3.8, 4) is 5.75 Å². The Bertz CT molecular complexity index is 492. The van der Waals surface area contributed by atoms with Crippen molar-refractivity contribution in [2.24, 2.45) is 23.7 Å². The second-order valence-electron chi connectivity index (χ2n) is 6.99. The minimum absolute atomic E-state index is 0. The van der Waals surface area contributed by atoms with E-state index in [4.69, 9.17) is 4.74 Å². The van der Waals surface area contributed by atoms with Gasteiger partial charge in [-0.3, -0.25) is 0 Å². The van der Waals surface area contributed by atoms with Crippen LogP contribution in [0.5, 0.6) is 5.75 Å². The molecule has 3 heteroatoms. The Kier molecular flexibility index (Phi) is 4.46. The van der Waals surface area contributed by atoms with Gasteiger partial charge in [0.15, 0.2) is 0 Å². The standard InChI is InChI=1S/C18H25NO.ClH/c1-20-14-5-2-4-12(8-14)11-19-18-10-13-9-17(18)16-7-3-6-15(13)16;/h2,4-5,8,13,15-19H,3,6-7,9-11H2,1H3;1H/t13-,15-,16-,17-,18+;/m0./s1. The molecule has 2 bridgehead atoms. The Morgan fingerprint density at radius 1 is 1.14 bits per heavy atom. The average molecular weight is 308 g/mol. The fraction of sp³-hybridized carbons (Fsp3) is 0.667. The van der Waals surface area contributed by atoms with Crippen molar-refractivity contribution in [2.75, 3.05) is 7.11 Å². The van der Waals surface area contributed by atoms with Crippen molar-refractivity contribution < 1.29 is 4.74 Å². The highest BCUT2D eigenvalue weighted by atomic mass is 35.5. The third-order valence-corrected chi connectivity index (χ3v) is 6.13. The Morgan fingerprint density at radius 2 is 2.00 bits per heavy atom. The molecule has 4 rings (SSSR count). The number of nitrogens with one attached hydrogen (secondary N) is 1. The van der Waals surface area contributed by atoms with Gasteiger partial charge in [0.2, 0.25) is 0 Å². The minimum Gasteiger partial charge on any atom is -0.497 e. The number of benzene rings is 1. The lowest BCUT2D eigenvalue weighted by atomic mass is 9.79. The number of halogens is 1. The van der Waals surface area contributed by atoms with Gasteiger partial charge in [-0.2, -0.15) is 0 Å². The first kappa shape index (κ1) is 15.2. The summed E-state index contributed by atoms with van der Waals surface area (Å²) in [6.45, 7) is 0.989. The molecule has 0 radical (unpaired) electrons. The van der Waals surface area contributed by atoms with Crippen LogP contribution < -0.4 is 10.1 Å². The normalized spacial score (nSPS) is 36.3. The van der Waals surface area contributed by atoms with Crippen molar-refractivity contribution in [1.82, 2.24) is 5.32 Å². The molecular formula is C18H26ClNO. The lowest BCUT2D eigenvalue weighted by Crippen LogP contribution is -2.38. The van der Waals surface area contributed by atoms with E-state index in [0.29, 0.717) is 0 Å². The molecule has 0 spiro atoms. The largest absolute Gasteiger partial charge is 0.497 e. The first-order valence-corrected chi connectivity index (χ1v) is 8.21. The molecule has 0 amide bonds. The van der Waals surface area contributed by atoms with Crippen LogP contribution >= 0.6 is 12.4 Å². The second-order valence-corrected chi connectivity index (χ2v) is 6.99. The fourth-order valence-electron chi connectivity index (χ4n) is 5.33. The van der Waals surface area contributed by atoms with Crippen molar-refractivity contribution in [2.45, 2.75) is 44.7 Å². The highest BCUT2D eigenvalue weighted by Crippen LogP contribution is 2.58. The zero-order chi connectivity index (χ0) is 13.5. The number of fused-ring (bicyclic) bond motifs is 5. The summed E-state index contributed by atoms with van der Waals surface area (Å²) in [5.74, 6) is 5.12. The minimum atomic E-state index is 0. The van der Waals surface area contributed by atoms with Gasteiger partial charge in [-0.15, -0.1) is 12.4 Å². The van der Waals surface area contributed by atoms with E-state index in [0.717, 1.165) is 42.0 Å². The quantitative estimate of drug-likeness (QED) is 0.906. The Morgan fingerprint density at radius 3 is 2.86 bits per heavy atom. The van der Waals surface area contributed by atoms with Gasteiger partial charge >= 0.3 is 0 Å². The summed E-state index contributed by atoms with van der Waals surface area (Å²) in [5, 5.41) is 3.84. The third-order valence-electron chi connectivity index (χ3n) is 6.13. The molecule has 3 aliphatic carbocycles. The molecule has 21 heavy (non-hydrogen) atoms. The fourth-order valence-corrected chi connectivity index (χ4v) is 5.33. The van der Waals surface area contributed by atoms with Gasteiger partial charge in [0.05, 0.1) is 7.11 Å². The Balaban J connectivity index is 0.00000132. The molecule has 2 nitrogen and oxygen atoms in total. The second kappa shape index (κ2) is 6.18. The van der Waals surface area contributed by atoms with Crippen molar-refractivity contribution in [1.29, 1.82) is 0 Å². The third kappa shape index (κ3) is 2.68. The van der Waals surface area contributed by atoms with Crippen LogP contribution in [0.25, 0.3) is 0 Å². The lowest BCUT2D eigenvalue weighted by molar-refractivity contribution is 0.208. The summed E-state index contributed by atoms with van der Waals surface area (Å²) < 4.78 is 5.31. The first-order chi connectivity index (χ1) is 9.85. The Labute approximate surface area is 134 Å². The van der Waals surface area contributed by atoms with E-state index in [1.165, 1.54) is 37.7 Å². The smallest absolute Gasteiger partial charge is 0.119 e. The predicted octanol–water partition coefficient (Wildman–Crippen LogP) is 4.03. The summed E-state index contributed by atoms with van der Waals surface area (Å²) in [5.41, 5.74) is 1.34. The Hall–Kier alpha value is -0.730. The molecule has 0 saturated heterocycles. The molecule has 116 valence electrons. The van der Waals surface area contributed by atoms with Crippen molar-refractivity contribution in [3.05, 3.63) is 29.8 Å². The van der Waals surface area contributed by atoms with E-state index in [-0.39, 0.29) is 12.4 Å². The molecule has 1 aromatic carbocycles. The highest BCUT2D eigenvalue weighted by Gasteiger charge is 2.53. The van der Waals surface area contributed by atoms with E-state index in [9.17, 15) is 0 Å². The summed E-state index contributed by atoms with van der Waals surface area (Å²) >= 11 is 0. The molecule has 0 heterocycles. The van der Waals surface area contributed by atoms with Crippen LogP contribution in [0.3, 0.4) is 0 Å². The van der Waals surface area contributed by atoms with E-state index in [1.54, 1.807) is 7.11 Å². The molecule has 3 fully saturated rings. The van der Waals surface area contributed by atoms with Gasteiger partial charge in [0, 0.05) is 12.6 Å². The van der Waals surface area contributed by atoms with Gasteiger partial charge in [-0.1, -0.05) is 18.6 Å². The summed E-state index contributed by atoms with van der Waals surface area (Å²) in [4.78, 5) is 0. The van der Waals surface area contributed by atoms with Crippen molar-refractivity contribution >= 4 is 12.4 Å². The van der Waals surface area contributed by atoms with Crippen molar-refractivity contribution in [3.63, 3.8) is 0 Å². The van der Waals surface area contributed by atoms with Crippen LogP contribution in [-0.4, -0.2) is 13.2 Å². The summed E-state index contributed by atoms with van der Waals surface area (Å²) in [6, 6.07) is 9.22. The molecule has 1 N–H and O–H groups in total. The molecular weight excluding hydrogens is 282 g/mol. The molecule has 5 atom stereocenters. The van der Waals surface area contributed by atoms with Gasteiger partial charge in [0.25, 0.3) is 0 Å². The van der Waals surface area contributed by atoms with Crippen LogP contribution in [0.2, 0.25) is 0 Å². The van der Waals surface area contributed by atoms with Gasteiger partial charge in [-0.05, 0) is 67.1 Å². The van der Waals surface area contributed by atoms with Crippen LogP contribution in [0.4, 0.5) is 0 Å². The van der Waals surface area contributed by atoms with Gasteiger partial charge in [-0.25, -0.2) is 0 Å². The SMILES string of the molecule is COc1cccc(CN[C@@H]2C[C@@H]3C[C@H]2[C@H]2CCC[C@@H]32)c1.Cl. The zero-order valence-corrected chi connectivity index (χ0v) is 13.6.